The van der Waals surface area contributed by atoms with Gasteiger partial charge in [-0.1, -0.05) is 170 Å². The molecule has 1 nitrogen and oxygen atoms in total. The Bertz CT molecular complexity index is 2000. The van der Waals surface area contributed by atoms with Gasteiger partial charge in [-0.05, 0) is 102 Å². The third kappa shape index (κ3) is 5.98. The van der Waals surface area contributed by atoms with Gasteiger partial charge >= 0.3 is 0 Å². The van der Waals surface area contributed by atoms with Gasteiger partial charge in [-0.2, -0.15) is 0 Å². The van der Waals surface area contributed by atoms with Crippen LogP contribution in [0.2, 0.25) is 30.2 Å². The molecule has 4 aliphatic carbocycles. The standard InChI is InChI=1S/C49H72OSi2/c1-18-27-50-43-37(51(16,17)45(5,6)7)28-32(4)29-38(43)52(19-2,20-3)44-36-31-47(10,11)23-21-33(36)39-40(44)35-30-46(8,9)24-22-34(35)41-42(39)49(14,15)26-25-48(41,12)13/h18,25-26,28-31,33H,1,19-24,27H2,2-17H3. The minimum atomic E-state index is -2.46. The Kier molecular flexibility index (Phi) is 9.52. The molecule has 6 rings (SSSR count). The Morgan fingerprint density at radius 3 is 2.00 bits per heavy atom. The molecule has 0 radical (unpaired) electrons. The van der Waals surface area contributed by atoms with Gasteiger partial charge in [0.15, 0.2) is 0 Å². The first-order valence-electron chi connectivity index (χ1n) is 20.7. The molecule has 0 heterocycles. The van der Waals surface area contributed by atoms with E-state index in [1.165, 1.54) is 35.8 Å². The Morgan fingerprint density at radius 1 is 0.846 bits per heavy atom. The number of aryl methyl sites for hydroxylation is 1. The zero-order valence-corrected chi connectivity index (χ0v) is 38.2. The van der Waals surface area contributed by atoms with E-state index in [9.17, 15) is 0 Å². The molecule has 2 aromatic carbocycles. The van der Waals surface area contributed by atoms with Crippen molar-refractivity contribution < 1.29 is 4.74 Å². The third-order valence-electron chi connectivity index (χ3n) is 14.7. The number of rotatable bonds is 8. The molecule has 0 spiro atoms. The average Bonchev–Trinajstić information content (AvgIpc) is 3.35. The summed E-state index contributed by atoms with van der Waals surface area (Å²) in [7, 11) is -4.45. The first kappa shape index (κ1) is 39.3. The summed E-state index contributed by atoms with van der Waals surface area (Å²) >= 11 is 0. The number of hydrogen-bond acceptors (Lipinski definition) is 1. The van der Waals surface area contributed by atoms with Crippen molar-refractivity contribution in [3.05, 3.63) is 86.8 Å². The fraction of sp³-hybridized carbons (Fsp3) is 0.592. The zero-order valence-electron chi connectivity index (χ0n) is 36.2. The zero-order chi connectivity index (χ0) is 38.6. The lowest BCUT2D eigenvalue weighted by molar-refractivity contribution is 0.368. The van der Waals surface area contributed by atoms with Gasteiger partial charge in [0.2, 0.25) is 0 Å². The fourth-order valence-corrected chi connectivity index (χ4v) is 17.9. The maximum absolute atomic E-state index is 7.09. The van der Waals surface area contributed by atoms with Gasteiger partial charge in [0.25, 0.3) is 0 Å². The van der Waals surface area contributed by atoms with Crippen LogP contribution in [0.5, 0.6) is 5.75 Å². The second kappa shape index (κ2) is 12.6. The Morgan fingerprint density at radius 2 is 1.42 bits per heavy atom. The average molecular weight is 733 g/mol. The minimum absolute atomic E-state index is 0.00416. The van der Waals surface area contributed by atoms with Crippen LogP contribution in [0.4, 0.5) is 0 Å². The van der Waals surface area contributed by atoms with Crippen LogP contribution in [0.15, 0.2) is 48.6 Å². The predicted octanol–water partition coefficient (Wildman–Crippen LogP) is 11.1. The monoisotopic (exact) mass is 733 g/mol. The van der Waals surface area contributed by atoms with Gasteiger partial charge in [-0.15, -0.1) is 0 Å². The number of benzene rings is 2. The van der Waals surface area contributed by atoms with E-state index in [0.717, 1.165) is 18.5 Å². The molecule has 4 aliphatic rings. The maximum Gasteiger partial charge on any atom is 0.123 e. The summed E-state index contributed by atoms with van der Waals surface area (Å²) in [5.41, 5.74) is 10.0. The van der Waals surface area contributed by atoms with Crippen molar-refractivity contribution in [1.82, 2.24) is 0 Å². The molecule has 0 aliphatic heterocycles. The number of allylic oxidation sites excluding steroid dienone is 4. The van der Waals surface area contributed by atoms with Gasteiger partial charge < -0.3 is 4.74 Å². The Hall–Kier alpha value is -2.37. The second-order valence-corrected chi connectivity index (χ2v) is 31.3. The molecule has 1 atom stereocenters. The summed E-state index contributed by atoms with van der Waals surface area (Å²) in [4.78, 5) is 0. The normalized spacial score (nSPS) is 22.4. The first-order valence-corrected chi connectivity index (χ1v) is 26.1. The SMILES string of the molecule is C=CCOc1c([Si](CC)(CC)C2=c3c(c4c(c5c3=CC(C)(C)CC5)C(C)(C)C=CC4(C)C)C3CCC(C)(C)C=C23)cc(C)cc1[Si](C)(C)C(C)(C)C. The van der Waals surface area contributed by atoms with Crippen molar-refractivity contribution in [2.45, 2.75) is 170 Å². The summed E-state index contributed by atoms with van der Waals surface area (Å²) in [6, 6.07) is 7.43. The fourth-order valence-electron chi connectivity index (χ4n) is 10.6. The van der Waals surface area contributed by atoms with Crippen LogP contribution in [0.25, 0.3) is 11.3 Å². The van der Waals surface area contributed by atoms with E-state index in [-0.39, 0.29) is 26.7 Å². The van der Waals surface area contributed by atoms with Crippen LogP contribution >= 0.6 is 0 Å². The first-order chi connectivity index (χ1) is 23.9. The summed E-state index contributed by atoms with van der Waals surface area (Å²) in [6.45, 7) is 44.6. The summed E-state index contributed by atoms with van der Waals surface area (Å²) in [5, 5.41) is 8.25. The van der Waals surface area contributed by atoms with E-state index in [4.69, 9.17) is 4.74 Å². The van der Waals surface area contributed by atoms with Gasteiger partial charge in [0, 0.05) is 16.7 Å². The molecular formula is C49H72OSi2. The molecule has 0 N–H and O–H groups in total. The third-order valence-corrected chi connectivity index (χ3v) is 25.4. The molecule has 282 valence electrons. The predicted molar refractivity (Wildman–Crippen MR) is 235 cm³/mol. The van der Waals surface area contributed by atoms with E-state index in [1.54, 1.807) is 48.6 Å². The minimum Gasteiger partial charge on any atom is -0.490 e. The van der Waals surface area contributed by atoms with Crippen LogP contribution in [0.3, 0.4) is 0 Å². The Labute approximate surface area is 320 Å². The van der Waals surface area contributed by atoms with Crippen molar-refractivity contribution in [2.24, 2.45) is 10.8 Å². The molecule has 0 amide bonds. The highest BCUT2D eigenvalue weighted by atomic mass is 28.3. The highest BCUT2D eigenvalue weighted by Crippen LogP contribution is 2.55. The molecule has 0 fully saturated rings. The van der Waals surface area contributed by atoms with Gasteiger partial charge in [-0.25, -0.2) is 0 Å². The van der Waals surface area contributed by atoms with E-state index in [1.807, 2.05) is 6.08 Å². The highest BCUT2D eigenvalue weighted by Gasteiger charge is 2.51. The second-order valence-electron chi connectivity index (χ2n) is 21.3. The van der Waals surface area contributed by atoms with Crippen molar-refractivity contribution in [3.8, 4) is 5.75 Å². The van der Waals surface area contributed by atoms with Gasteiger partial charge in [0.1, 0.15) is 20.4 Å². The number of hydrogen-bond donors (Lipinski definition) is 0. The molecule has 0 saturated carbocycles. The van der Waals surface area contributed by atoms with Crippen LogP contribution in [-0.4, -0.2) is 22.8 Å². The van der Waals surface area contributed by atoms with Crippen LogP contribution < -0.4 is 25.5 Å². The van der Waals surface area contributed by atoms with E-state index in [2.05, 4.69) is 153 Å². The molecular weight excluding hydrogens is 661 g/mol. The van der Waals surface area contributed by atoms with Crippen LogP contribution in [0, 0.1) is 17.8 Å². The number of ether oxygens (including phenoxy) is 1. The van der Waals surface area contributed by atoms with Crippen LogP contribution in [-0.2, 0) is 17.3 Å². The lowest BCUT2D eigenvalue weighted by Crippen LogP contribution is -2.57. The Balaban J connectivity index is 1.92. The highest BCUT2D eigenvalue weighted by molar-refractivity contribution is 7.07. The largest absolute Gasteiger partial charge is 0.490 e. The van der Waals surface area contributed by atoms with Crippen molar-refractivity contribution >= 4 is 37.8 Å². The molecule has 0 bridgehead atoms. The van der Waals surface area contributed by atoms with E-state index < -0.39 is 16.1 Å². The van der Waals surface area contributed by atoms with Gasteiger partial charge in [0.05, 0.1) is 8.07 Å². The molecule has 1 unspecified atom stereocenters. The van der Waals surface area contributed by atoms with Gasteiger partial charge in [-0.3, -0.25) is 0 Å². The lowest BCUT2D eigenvalue weighted by Gasteiger charge is -2.43. The molecule has 3 heteroatoms. The molecule has 2 aromatic rings. The quantitative estimate of drug-likeness (QED) is 0.194. The topological polar surface area (TPSA) is 9.23 Å². The summed E-state index contributed by atoms with van der Waals surface area (Å²) in [6.07, 6.45) is 17.4. The molecule has 0 saturated heterocycles. The molecule has 52 heavy (non-hydrogen) atoms. The smallest absolute Gasteiger partial charge is 0.123 e. The summed E-state index contributed by atoms with van der Waals surface area (Å²) in [5.74, 6) is 1.66. The molecule has 0 aromatic heterocycles. The van der Waals surface area contributed by atoms with E-state index >= 15 is 0 Å². The summed E-state index contributed by atoms with van der Waals surface area (Å²) < 4.78 is 7.09. The van der Waals surface area contributed by atoms with Crippen molar-refractivity contribution in [3.63, 3.8) is 0 Å². The van der Waals surface area contributed by atoms with E-state index in [0.29, 0.717) is 12.5 Å². The maximum atomic E-state index is 7.09. The van der Waals surface area contributed by atoms with Crippen LogP contribution in [0.1, 0.15) is 143 Å². The van der Waals surface area contributed by atoms with Crippen molar-refractivity contribution in [2.75, 3.05) is 6.61 Å². The lowest BCUT2D eigenvalue weighted by atomic mass is 9.61. The van der Waals surface area contributed by atoms with Crippen molar-refractivity contribution in [1.29, 1.82) is 0 Å². The number of fused-ring (bicyclic) bond motifs is 8.